The van der Waals surface area contributed by atoms with Crippen LogP contribution in [-0.4, -0.2) is 42.5 Å². The second kappa shape index (κ2) is 6.36. The van der Waals surface area contributed by atoms with E-state index in [4.69, 9.17) is 9.29 Å². The number of rotatable bonds is 7. The Morgan fingerprint density at radius 1 is 1.26 bits per heavy atom. The highest BCUT2D eigenvalue weighted by molar-refractivity contribution is 7.86. The highest BCUT2D eigenvalue weighted by Gasteiger charge is 2.67. The number of carbonyl (C=O) groups is 1. The first-order valence-corrected chi connectivity index (χ1v) is 7.94. The monoisotopic (exact) mass is 364 g/mol. The lowest BCUT2D eigenvalue weighted by atomic mass is 10.1. The predicted octanol–water partition coefficient (Wildman–Crippen LogP) is 2.51. The average molecular weight is 364 g/mol. The number of hydrogen-bond donors (Lipinski definition) is 1. The van der Waals surface area contributed by atoms with Crippen molar-refractivity contribution in [2.45, 2.75) is 49.6 Å². The van der Waals surface area contributed by atoms with E-state index >= 15 is 0 Å². The Kier molecular flexibility index (Phi) is 5.49. The summed E-state index contributed by atoms with van der Waals surface area (Å²) in [6.45, 7) is 3.32. The van der Waals surface area contributed by atoms with E-state index in [-0.39, 0.29) is 0 Å². The van der Waals surface area contributed by atoms with Crippen LogP contribution in [0.2, 0.25) is 0 Å². The Balaban J connectivity index is 2.66. The van der Waals surface area contributed by atoms with Crippen LogP contribution in [-0.2, 0) is 24.4 Å². The molecule has 1 fully saturated rings. The maximum Gasteiger partial charge on any atom is 0.459 e. The maximum absolute atomic E-state index is 13.1. The SMILES string of the molecule is C=C(COC(F)(F)C(F)(F)S(=O)(=O)O)C(=O)OC1(C)CCCC1. The molecule has 0 saturated heterocycles. The Labute approximate surface area is 130 Å². The normalized spacial score (nSPS) is 18.7. The van der Waals surface area contributed by atoms with Crippen molar-refractivity contribution >= 4 is 16.1 Å². The maximum atomic E-state index is 13.1. The van der Waals surface area contributed by atoms with Crippen molar-refractivity contribution in [1.82, 2.24) is 0 Å². The third kappa shape index (κ3) is 4.42. The van der Waals surface area contributed by atoms with Gasteiger partial charge in [0.2, 0.25) is 0 Å². The molecule has 0 spiro atoms. The third-order valence-corrected chi connectivity index (χ3v) is 4.27. The molecule has 11 heteroatoms. The second-order valence-electron chi connectivity index (χ2n) is 5.45. The van der Waals surface area contributed by atoms with Crippen LogP contribution in [0.3, 0.4) is 0 Å². The van der Waals surface area contributed by atoms with Crippen molar-refractivity contribution in [3.05, 3.63) is 12.2 Å². The number of ether oxygens (including phenoxy) is 2. The molecule has 0 aromatic carbocycles. The van der Waals surface area contributed by atoms with Gasteiger partial charge in [0.15, 0.2) is 0 Å². The van der Waals surface area contributed by atoms with Crippen molar-refractivity contribution in [1.29, 1.82) is 0 Å². The van der Waals surface area contributed by atoms with Gasteiger partial charge in [-0.25, -0.2) is 4.79 Å². The molecular formula is C12H16F4O6S. The minimum absolute atomic E-state index is 0.559. The zero-order valence-corrected chi connectivity index (χ0v) is 13.0. The molecule has 0 amide bonds. The van der Waals surface area contributed by atoms with Gasteiger partial charge in [-0.1, -0.05) is 6.58 Å². The fourth-order valence-electron chi connectivity index (χ4n) is 1.99. The predicted molar refractivity (Wildman–Crippen MR) is 69.5 cm³/mol. The van der Waals surface area contributed by atoms with E-state index in [1.54, 1.807) is 6.92 Å². The van der Waals surface area contributed by atoms with Gasteiger partial charge in [-0.15, -0.1) is 0 Å². The van der Waals surface area contributed by atoms with E-state index < -0.39 is 45.2 Å². The number of hydrogen-bond acceptors (Lipinski definition) is 5. The summed E-state index contributed by atoms with van der Waals surface area (Å²) in [5, 5.41) is -5.87. The lowest BCUT2D eigenvalue weighted by Crippen LogP contribution is -2.49. The molecule has 0 atom stereocenters. The number of esters is 1. The molecule has 23 heavy (non-hydrogen) atoms. The van der Waals surface area contributed by atoms with Crippen LogP contribution in [0.4, 0.5) is 17.6 Å². The minimum Gasteiger partial charge on any atom is -0.456 e. The number of alkyl halides is 4. The molecular weight excluding hydrogens is 348 g/mol. The Morgan fingerprint density at radius 3 is 2.17 bits per heavy atom. The van der Waals surface area contributed by atoms with E-state index in [1.807, 2.05) is 0 Å². The molecule has 1 aliphatic rings. The first-order valence-electron chi connectivity index (χ1n) is 6.50. The quantitative estimate of drug-likeness (QED) is 0.323. The molecule has 1 rings (SSSR count). The molecule has 0 heterocycles. The van der Waals surface area contributed by atoms with Gasteiger partial charge < -0.3 is 9.47 Å². The molecule has 0 radical (unpaired) electrons. The molecule has 1 aliphatic carbocycles. The fraction of sp³-hybridized carbons (Fsp3) is 0.750. The van der Waals surface area contributed by atoms with E-state index in [0.717, 1.165) is 12.8 Å². The van der Waals surface area contributed by atoms with Gasteiger partial charge in [-0.3, -0.25) is 4.55 Å². The summed E-state index contributed by atoms with van der Waals surface area (Å²) in [6, 6.07) is 0. The molecule has 0 unspecified atom stereocenters. The van der Waals surface area contributed by atoms with Crippen molar-refractivity contribution in [2.24, 2.45) is 0 Å². The molecule has 1 N–H and O–H groups in total. The van der Waals surface area contributed by atoms with Crippen LogP contribution in [0.15, 0.2) is 12.2 Å². The summed E-state index contributed by atoms with van der Waals surface area (Å²) in [5.74, 6) is -1.11. The Bertz CT molecular complexity index is 580. The fourth-order valence-corrected chi connectivity index (χ4v) is 2.35. The van der Waals surface area contributed by atoms with Gasteiger partial charge in [-0.05, 0) is 32.6 Å². The van der Waals surface area contributed by atoms with E-state index in [1.165, 1.54) is 0 Å². The average Bonchev–Trinajstić information content (AvgIpc) is 2.80. The van der Waals surface area contributed by atoms with Crippen LogP contribution >= 0.6 is 0 Å². The van der Waals surface area contributed by atoms with E-state index in [9.17, 15) is 30.8 Å². The second-order valence-corrected chi connectivity index (χ2v) is 6.91. The smallest absolute Gasteiger partial charge is 0.456 e. The lowest BCUT2D eigenvalue weighted by Gasteiger charge is -2.26. The third-order valence-electron chi connectivity index (χ3n) is 3.38. The van der Waals surface area contributed by atoms with Crippen LogP contribution < -0.4 is 0 Å². The van der Waals surface area contributed by atoms with Crippen molar-refractivity contribution in [3.8, 4) is 0 Å². The highest BCUT2D eigenvalue weighted by Crippen LogP contribution is 2.39. The van der Waals surface area contributed by atoms with E-state index in [0.29, 0.717) is 12.8 Å². The van der Waals surface area contributed by atoms with Gasteiger partial charge in [0.05, 0.1) is 12.2 Å². The van der Waals surface area contributed by atoms with Crippen LogP contribution in [0, 0.1) is 0 Å². The van der Waals surface area contributed by atoms with Gasteiger partial charge in [0, 0.05) is 0 Å². The molecule has 0 aromatic rings. The summed E-state index contributed by atoms with van der Waals surface area (Å²) in [4.78, 5) is 11.7. The first kappa shape index (κ1) is 19.8. The first-order chi connectivity index (χ1) is 10.2. The van der Waals surface area contributed by atoms with Gasteiger partial charge in [0.25, 0.3) is 0 Å². The van der Waals surface area contributed by atoms with Gasteiger partial charge >= 0.3 is 27.5 Å². The van der Waals surface area contributed by atoms with Crippen LogP contribution in [0.5, 0.6) is 0 Å². The van der Waals surface area contributed by atoms with Gasteiger partial charge in [-0.2, -0.15) is 26.0 Å². The summed E-state index contributed by atoms with van der Waals surface area (Å²) in [6.07, 6.45) is -2.81. The van der Waals surface area contributed by atoms with Crippen molar-refractivity contribution < 1.29 is 44.8 Å². The topological polar surface area (TPSA) is 89.9 Å². The number of halogens is 4. The largest absolute Gasteiger partial charge is 0.459 e. The van der Waals surface area contributed by atoms with Crippen molar-refractivity contribution in [2.75, 3.05) is 6.61 Å². The van der Waals surface area contributed by atoms with Gasteiger partial charge in [0.1, 0.15) is 5.60 Å². The standard InChI is InChI=1S/C12H16F4O6S/c1-8(9(17)22-10(2)5-3-4-6-10)7-21-11(13,14)12(15,16)23(18,19)20/h1,3-7H2,2H3,(H,18,19,20). The molecule has 6 nitrogen and oxygen atoms in total. The zero-order valence-electron chi connectivity index (χ0n) is 12.2. The summed E-state index contributed by atoms with van der Waals surface area (Å²) < 4.78 is 89.2. The number of carbonyl (C=O) groups excluding carboxylic acids is 1. The van der Waals surface area contributed by atoms with E-state index in [2.05, 4.69) is 11.3 Å². The summed E-state index contributed by atoms with van der Waals surface area (Å²) >= 11 is 0. The van der Waals surface area contributed by atoms with Crippen molar-refractivity contribution in [3.63, 3.8) is 0 Å². The summed E-state index contributed by atoms with van der Waals surface area (Å²) in [7, 11) is -6.41. The van der Waals surface area contributed by atoms with Crippen LogP contribution in [0.1, 0.15) is 32.6 Å². The molecule has 0 aromatic heterocycles. The molecule has 134 valence electrons. The molecule has 0 aliphatic heterocycles. The summed E-state index contributed by atoms with van der Waals surface area (Å²) in [5.41, 5.74) is -1.48. The Hall–Kier alpha value is -1.20. The minimum atomic E-state index is -6.41. The zero-order chi connectivity index (χ0) is 18.1. The Morgan fingerprint density at radius 2 is 1.74 bits per heavy atom. The molecule has 0 bridgehead atoms. The lowest BCUT2D eigenvalue weighted by molar-refractivity contribution is -0.314. The molecule has 1 saturated carbocycles. The highest BCUT2D eigenvalue weighted by atomic mass is 32.2. The van der Waals surface area contributed by atoms with Crippen LogP contribution in [0.25, 0.3) is 0 Å².